The van der Waals surface area contributed by atoms with Crippen molar-refractivity contribution in [2.75, 3.05) is 11.9 Å². The van der Waals surface area contributed by atoms with Crippen molar-refractivity contribution in [2.24, 2.45) is 0 Å². The van der Waals surface area contributed by atoms with E-state index in [2.05, 4.69) is 5.32 Å². The molecule has 1 N–H and O–H groups in total. The predicted octanol–water partition coefficient (Wildman–Crippen LogP) is 4.37. The number of hydrogen-bond donors (Lipinski definition) is 1. The van der Waals surface area contributed by atoms with Crippen molar-refractivity contribution in [1.29, 1.82) is 0 Å². The van der Waals surface area contributed by atoms with E-state index in [4.69, 9.17) is 4.74 Å². The van der Waals surface area contributed by atoms with Crippen LogP contribution in [0.25, 0.3) is 0 Å². The van der Waals surface area contributed by atoms with Gasteiger partial charge >= 0.3 is 6.18 Å². The van der Waals surface area contributed by atoms with Gasteiger partial charge in [-0.3, -0.25) is 9.59 Å². The molecule has 2 amide bonds. The number of ether oxygens (including phenoxy) is 1. The number of alkyl halides is 3. The van der Waals surface area contributed by atoms with Gasteiger partial charge in [-0.2, -0.15) is 13.2 Å². The highest BCUT2D eigenvalue weighted by Gasteiger charge is 2.53. The summed E-state index contributed by atoms with van der Waals surface area (Å²) in [6, 6.07) is 11.8. The summed E-state index contributed by atoms with van der Waals surface area (Å²) < 4.78 is 44.8. The Morgan fingerprint density at radius 2 is 1.71 bits per heavy atom. The van der Waals surface area contributed by atoms with Crippen molar-refractivity contribution in [3.8, 4) is 5.75 Å². The minimum absolute atomic E-state index is 0.0742. The molecule has 1 spiro atoms. The smallest absolute Gasteiger partial charge is 0.419 e. The Morgan fingerprint density at radius 1 is 1.10 bits per heavy atom. The Labute approximate surface area is 178 Å². The number of nitrogens with one attached hydrogen (secondary N) is 1. The molecule has 0 radical (unpaired) electrons. The fourth-order valence-corrected chi connectivity index (χ4v) is 5.03. The molecule has 2 aliphatic rings. The number of hydrogen-bond acceptors (Lipinski definition) is 3. The molecule has 0 bridgehead atoms. The first kappa shape index (κ1) is 21.2. The van der Waals surface area contributed by atoms with E-state index in [1.165, 1.54) is 18.2 Å². The van der Waals surface area contributed by atoms with Gasteiger partial charge in [0.25, 0.3) is 5.91 Å². The Morgan fingerprint density at radius 3 is 2.39 bits per heavy atom. The summed E-state index contributed by atoms with van der Waals surface area (Å²) >= 11 is 0. The van der Waals surface area contributed by atoms with Crippen molar-refractivity contribution in [3.63, 3.8) is 0 Å². The third-order valence-corrected chi connectivity index (χ3v) is 6.19. The monoisotopic (exact) mass is 432 g/mol. The van der Waals surface area contributed by atoms with Crippen molar-refractivity contribution < 1.29 is 27.5 Å². The SMILES string of the molecule is C[C@H]1CC2(C[C@H](C)N1C(=O)COc1ccccc1C(F)(F)F)C(=O)Nc1ccccc12. The molecule has 1 fully saturated rings. The third-order valence-electron chi connectivity index (χ3n) is 6.19. The quantitative estimate of drug-likeness (QED) is 0.784. The van der Waals surface area contributed by atoms with Crippen LogP contribution in [0.1, 0.15) is 37.8 Å². The number of carbonyl (C=O) groups is 2. The lowest BCUT2D eigenvalue weighted by Crippen LogP contribution is -2.57. The van der Waals surface area contributed by atoms with Crippen LogP contribution in [0, 0.1) is 0 Å². The second kappa shape index (κ2) is 7.59. The minimum Gasteiger partial charge on any atom is -0.483 e. The summed E-state index contributed by atoms with van der Waals surface area (Å²) in [5.41, 5.74) is 0.0938. The molecule has 0 aromatic heterocycles. The fourth-order valence-electron chi connectivity index (χ4n) is 5.03. The zero-order valence-electron chi connectivity index (χ0n) is 17.2. The van der Waals surface area contributed by atoms with Crippen LogP contribution in [-0.2, 0) is 21.2 Å². The summed E-state index contributed by atoms with van der Waals surface area (Å²) in [4.78, 5) is 27.4. The highest BCUT2D eigenvalue weighted by molar-refractivity contribution is 6.06. The van der Waals surface area contributed by atoms with E-state index in [-0.39, 0.29) is 23.7 Å². The maximum Gasteiger partial charge on any atom is 0.419 e. The van der Waals surface area contributed by atoms with E-state index in [0.717, 1.165) is 17.3 Å². The van der Waals surface area contributed by atoms with Crippen molar-refractivity contribution in [3.05, 3.63) is 59.7 Å². The van der Waals surface area contributed by atoms with Crippen molar-refractivity contribution >= 4 is 17.5 Å². The molecule has 8 heteroatoms. The van der Waals surface area contributed by atoms with Crippen molar-refractivity contribution in [1.82, 2.24) is 4.90 Å². The zero-order chi connectivity index (χ0) is 22.4. The molecule has 4 rings (SSSR count). The van der Waals surface area contributed by atoms with Crippen LogP contribution in [0.2, 0.25) is 0 Å². The lowest BCUT2D eigenvalue weighted by atomic mass is 9.69. The van der Waals surface area contributed by atoms with Gasteiger partial charge in [0.1, 0.15) is 5.75 Å². The van der Waals surface area contributed by atoms with E-state index in [1.807, 2.05) is 38.1 Å². The number of halogens is 3. The molecule has 31 heavy (non-hydrogen) atoms. The number of piperidine rings is 1. The van der Waals surface area contributed by atoms with Crippen LogP contribution in [-0.4, -0.2) is 35.4 Å². The van der Waals surface area contributed by atoms with E-state index in [1.54, 1.807) is 4.90 Å². The van der Waals surface area contributed by atoms with Crippen LogP contribution in [0.5, 0.6) is 5.75 Å². The number of nitrogens with zero attached hydrogens (tertiary/aromatic N) is 1. The van der Waals surface area contributed by atoms with E-state index in [0.29, 0.717) is 12.8 Å². The molecule has 0 saturated carbocycles. The highest BCUT2D eigenvalue weighted by Crippen LogP contribution is 2.48. The summed E-state index contributed by atoms with van der Waals surface area (Å²) in [5.74, 6) is -0.852. The summed E-state index contributed by atoms with van der Waals surface area (Å²) in [7, 11) is 0. The van der Waals surface area contributed by atoms with E-state index < -0.39 is 29.7 Å². The summed E-state index contributed by atoms with van der Waals surface area (Å²) in [5, 5.41) is 2.94. The number of para-hydroxylation sites is 2. The molecule has 164 valence electrons. The number of benzene rings is 2. The van der Waals surface area contributed by atoms with Crippen LogP contribution in [0.15, 0.2) is 48.5 Å². The fraction of sp³-hybridized carbons (Fsp3) is 0.391. The Kier molecular flexibility index (Phi) is 5.19. The number of anilines is 1. The third kappa shape index (κ3) is 3.64. The van der Waals surface area contributed by atoms with Crippen LogP contribution in [0.3, 0.4) is 0 Å². The van der Waals surface area contributed by atoms with Gasteiger partial charge < -0.3 is 15.0 Å². The molecule has 2 atom stereocenters. The lowest BCUT2D eigenvalue weighted by molar-refractivity contribution is -0.145. The number of fused-ring (bicyclic) bond motifs is 2. The van der Waals surface area contributed by atoms with Gasteiger partial charge in [-0.15, -0.1) is 0 Å². The van der Waals surface area contributed by atoms with Gasteiger partial charge in [-0.1, -0.05) is 30.3 Å². The number of likely N-dealkylation sites (tertiary alicyclic amines) is 1. The Hall–Kier alpha value is -3.03. The molecule has 5 nitrogen and oxygen atoms in total. The standard InChI is InChI=1S/C23H23F3N2O3/c1-14-11-22(16-7-3-5-9-18(16)27-21(22)30)12-15(2)28(14)20(29)13-31-19-10-6-4-8-17(19)23(24,25)26/h3-10,14-15H,11-13H2,1-2H3,(H,27,30)/t14-,15-/m0/s1. The molecule has 2 heterocycles. The molecule has 2 aromatic carbocycles. The summed E-state index contributed by atoms with van der Waals surface area (Å²) in [6.45, 7) is 3.21. The topological polar surface area (TPSA) is 58.6 Å². The molecule has 2 aromatic rings. The van der Waals surface area contributed by atoms with E-state index >= 15 is 0 Å². The molecule has 2 aliphatic heterocycles. The van der Waals surface area contributed by atoms with Crippen LogP contribution >= 0.6 is 0 Å². The second-order valence-corrected chi connectivity index (χ2v) is 8.27. The van der Waals surface area contributed by atoms with Gasteiger partial charge in [-0.05, 0) is 50.5 Å². The van der Waals surface area contributed by atoms with Gasteiger partial charge in [0.2, 0.25) is 5.91 Å². The van der Waals surface area contributed by atoms with Crippen LogP contribution < -0.4 is 10.1 Å². The first-order chi connectivity index (χ1) is 14.6. The number of amides is 2. The van der Waals surface area contributed by atoms with Gasteiger partial charge in [-0.25, -0.2) is 0 Å². The molecule has 1 saturated heterocycles. The normalized spacial score (nSPS) is 25.3. The lowest BCUT2D eigenvalue weighted by Gasteiger charge is -2.46. The molecular formula is C23H23F3N2O3. The van der Waals surface area contributed by atoms with Gasteiger partial charge in [0.15, 0.2) is 6.61 Å². The average molecular weight is 432 g/mol. The zero-order valence-corrected chi connectivity index (χ0v) is 17.2. The first-order valence-electron chi connectivity index (χ1n) is 10.1. The highest BCUT2D eigenvalue weighted by atomic mass is 19.4. The average Bonchev–Trinajstić information content (AvgIpc) is 2.96. The van der Waals surface area contributed by atoms with Crippen LogP contribution in [0.4, 0.5) is 18.9 Å². The molecular weight excluding hydrogens is 409 g/mol. The Bertz CT molecular complexity index is 1010. The van der Waals surface area contributed by atoms with E-state index in [9.17, 15) is 22.8 Å². The second-order valence-electron chi connectivity index (χ2n) is 8.27. The van der Waals surface area contributed by atoms with Gasteiger partial charge in [0.05, 0.1) is 11.0 Å². The van der Waals surface area contributed by atoms with Crippen molar-refractivity contribution in [2.45, 2.75) is 50.4 Å². The maximum absolute atomic E-state index is 13.2. The first-order valence-corrected chi connectivity index (χ1v) is 10.1. The molecule has 0 unspecified atom stereocenters. The minimum atomic E-state index is -4.57. The summed E-state index contributed by atoms with van der Waals surface area (Å²) in [6.07, 6.45) is -3.70. The Balaban J connectivity index is 1.50. The largest absolute Gasteiger partial charge is 0.483 e. The maximum atomic E-state index is 13.2. The predicted molar refractivity (Wildman–Crippen MR) is 109 cm³/mol. The number of rotatable bonds is 3. The molecule has 0 aliphatic carbocycles. The van der Waals surface area contributed by atoms with Gasteiger partial charge in [0, 0.05) is 17.8 Å². The number of carbonyl (C=O) groups excluding carboxylic acids is 2.